The lowest BCUT2D eigenvalue weighted by molar-refractivity contribution is 0.0468. The minimum absolute atomic E-state index is 0.0476. The Morgan fingerprint density at radius 3 is 2.50 bits per heavy atom. The van der Waals surface area contributed by atoms with E-state index in [0.717, 1.165) is 10.6 Å². The quantitative estimate of drug-likeness (QED) is 0.517. The highest BCUT2D eigenvalue weighted by Crippen LogP contribution is 2.24. The molecule has 0 radical (unpaired) electrons. The molecule has 24 heavy (non-hydrogen) atoms. The molecule has 1 aromatic heterocycles. The van der Waals surface area contributed by atoms with Crippen LogP contribution < -0.4 is 0 Å². The lowest BCUT2D eigenvalue weighted by Gasteiger charge is -2.03. The summed E-state index contributed by atoms with van der Waals surface area (Å²) in [5.41, 5.74) is 2.30. The van der Waals surface area contributed by atoms with E-state index in [1.807, 2.05) is 0 Å². The summed E-state index contributed by atoms with van der Waals surface area (Å²) in [6.45, 7) is 0.0476. The minimum Gasteiger partial charge on any atom is -0.456 e. The second kappa shape index (κ2) is 7.14. The first kappa shape index (κ1) is 16.0. The van der Waals surface area contributed by atoms with Gasteiger partial charge in [-0.05, 0) is 36.4 Å². The fourth-order valence-electron chi connectivity index (χ4n) is 2.02. The van der Waals surface area contributed by atoms with E-state index < -0.39 is 5.97 Å². The molecule has 120 valence electrons. The van der Waals surface area contributed by atoms with Crippen LogP contribution in [0.15, 0.2) is 53.9 Å². The van der Waals surface area contributed by atoms with Gasteiger partial charge >= 0.3 is 5.97 Å². The molecule has 0 unspecified atom stereocenters. The number of carbonyl (C=O) groups excluding carboxylic acids is 2. The molecule has 0 fully saturated rings. The third-order valence-corrected chi connectivity index (χ3v) is 4.22. The standard InChI is InChI=1S/C18H12FNO3S/c19-15-7-5-13(6-8-15)17-20-16(11-24-17)10-23-18(22)14-3-1-12(9-21)2-4-14/h1-9,11H,10H2. The summed E-state index contributed by atoms with van der Waals surface area (Å²) in [7, 11) is 0. The highest BCUT2D eigenvalue weighted by molar-refractivity contribution is 7.13. The number of rotatable bonds is 5. The van der Waals surface area contributed by atoms with Crippen molar-refractivity contribution in [2.45, 2.75) is 6.61 Å². The van der Waals surface area contributed by atoms with Crippen LogP contribution in [0.2, 0.25) is 0 Å². The van der Waals surface area contributed by atoms with E-state index in [1.54, 1.807) is 29.6 Å². The fraction of sp³-hybridized carbons (Fsp3) is 0.0556. The Kier molecular flexibility index (Phi) is 4.77. The first-order valence-electron chi connectivity index (χ1n) is 7.08. The molecule has 0 spiro atoms. The first-order chi connectivity index (χ1) is 11.7. The van der Waals surface area contributed by atoms with Crippen molar-refractivity contribution in [1.29, 1.82) is 0 Å². The van der Waals surface area contributed by atoms with Gasteiger partial charge in [-0.2, -0.15) is 0 Å². The number of nitrogens with zero attached hydrogens (tertiary/aromatic N) is 1. The lowest BCUT2D eigenvalue weighted by Crippen LogP contribution is -2.05. The number of aldehydes is 1. The molecule has 0 saturated heterocycles. The summed E-state index contributed by atoms with van der Waals surface area (Å²) in [6.07, 6.45) is 0.710. The molecule has 0 bridgehead atoms. The maximum atomic E-state index is 12.9. The van der Waals surface area contributed by atoms with Crippen LogP contribution in [0.4, 0.5) is 4.39 Å². The number of thiazole rings is 1. The van der Waals surface area contributed by atoms with Gasteiger partial charge in [0.1, 0.15) is 23.7 Å². The number of ether oxygens (including phenoxy) is 1. The molecular formula is C18H12FNO3S. The molecule has 2 aromatic carbocycles. The third-order valence-electron chi connectivity index (χ3n) is 3.28. The summed E-state index contributed by atoms with van der Waals surface area (Å²) in [4.78, 5) is 26.9. The van der Waals surface area contributed by atoms with E-state index in [0.29, 0.717) is 23.1 Å². The molecule has 0 N–H and O–H groups in total. The zero-order valence-corrected chi connectivity index (χ0v) is 13.3. The number of hydrogen-bond donors (Lipinski definition) is 0. The van der Waals surface area contributed by atoms with Crippen molar-refractivity contribution in [3.63, 3.8) is 0 Å². The van der Waals surface area contributed by atoms with Gasteiger partial charge < -0.3 is 4.74 Å². The number of benzene rings is 2. The average Bonchev–Trinajstić information content (AvgIpc) is 3.09. The summed E-state index contributed by atoms with van der Waals surface area (Å²) >= 11 is 1.40. The Morgan fingerprint density at radius 1 is 1.12 bits per heavy atom. The second-order valence-corrected chi connectivity index (χ2v) is 5.82. The van der Waals surface area contributed by atoms with Crippen molar-refractivity contribution < 1.29 is 18.7 Å². The van der Waals surface area contributed by atoms with E-state index in [2.05, 4.69) is 4.98 Å². The highest BCUT2D eigenvalue weighted by atomic mass is 32.1. The minimum atomic E-state index is -0.483. The maximum Gasteiger partial charge on any atom is 0.338 e. The van der Waals surface area contributed by atoms with E-state index in [-0.39, 0.29) is 12.4 Å². The molecule has 0 amide bonds. The predicted molar refractivity (Wildman–Crippen MR) is 88.5 cm³/mol. The topological polar surface area (TPSA) is 56.3 Å². The van der Waals surface area contributed by atoms with Gasteiger partial charge in [0.2, 0.25) is 0 Å². The van der Waals surface area contributed by atoms with Crippen molar-refractivity contribution in [1.82, 2.24) is 4.98 Å². The van der Waals surface area contributed by atoms with Crippen LogP contribution in [0.3, 0.4) is 0 Å². The summed E-state index contributed by atoms with van der Waals surface area (Å²) < 4.78 is 18.1. The molecule has 3 aromatic rings. The van der Waals surface area contributed by atoms with Crippen LogP contribution in [0.1, 0.15) is 26.4 Å². The van der Waals surface area contributed by atoms with Crippen LogP contribution >= 0.6 is 11.3 Å². The number of esters is 1. The summed E-state index contributed by atoms with van der Waals surface area (Å²) in [5.74, 6) is -0.783. The zero-order valence-electron chi connectivity index (χ0n) is 12.4. The van der Waals surface area contributed by atoms with Crippen molar-refractivity contribution in [2.24, 2.45) is 0 Å². The predicted octanol–water partition coefficient (Wildman–Crippen LogP) is 4.12. The largest absolute Gasteiger partial charge is 0.456 e. The number of aromatic nitrogens is 1. The molecule has 0 aliphatic carbocycles. The number of hydrogen-bond acceptors (Lipinski definition) is 5. The Morgan fingerprint density at radius 2 is 1.83 bits per heavy atom. The van der Waals surface area contributed by atoms with Crippen LogP contribution in [-0.4, -0.2) is 17.2 Å². The Labute approximate surface area is 141 Å². The molecule has 0 saturated carbocycles. The third kappa shape index (κ3) is 3.72. The fourth-order valence-corrected chi connectivity index (χ4v) is 2.83. The Bertz CT molecular complexity index is 857. The lowest BCUT2D eigenvalue weighted by atomic mass is 10.1. The SMILES string of the molecule is O=Cc1ccc(C(=O)OCc2csc(-c3ccc(F)cc3)n2)cc1. The molecular weight excluding hydrogens is 329 g/mol. The van der Waals surface area contributed by atoms with Gasteiger partial charge in [-0.3, -0.25) is 4.79 Å². The van der Waals surface area contributed by atoms with Crippen molar-refractivity contribution in [3.8, 4) is 10.6 Å². The van der Waals surface area contributed by atoms with Crippen LogP contribution in [-0.2, 0) is 11.3 Å². The second-order valence-electron chi connectivity index (χ2n) is 4.97. The summed E-state index contributed by atoms with van der Waals surface area (Å²) in [5, 5.41) is 2.53. The van der Waals surface area contributed by atoms with Crippen LogP contribution in [0.25, 0.3) is 10.6 Å². The van der Waals surface area contributed by atoms with Gasteiger partial charge in [-0.15, -0.1) is 11.3 Å². The Balaban J connectivity index is 1.63. The van der Waals surface area contributed by atoms with Gasteiger partial charge in [0, 0.05) is 16.5 Å². The van der Waals surface area contributed by atoms with Crippen molar-refractivity contribution in [3.05, 3.63) is 76.5 Å². The van der Waals surface area contributed by atoms with Crippen LogP contribution in [0.5, 0.6) is 0 Å². The van der Waals surface area contributed by atoms with Crippen molar-refractivity contribution >= 4 is 23.6 Å². The molecule has 4 nitrogen and oxygen atoms in total. The van der Waals surface area contributed by atoms with Crippen molar-refractivity contribution in [2.75, 3.05) is 0 Å². The monoisotopic (exact) mass is 341 g/mol. The number of carbonyl (C=O) groups is 2. The summed E-state index contributed by atoms with van der Waals surface area (Å²) in [6, 6.07) is 12.2. The molecule has 0 aliphatic heterocycles. The number of halogens is 1. The average molecular weight is 341 g/mol. The van der Waals surface area contributed by atoms with Crippen LogP contribution in [0, 0.1) is 5.82 Å². The normalized spacial score (nSPS) is 10.4. The van der Waals surface area contributed by atoms with E-state index in [1.165, 1.54) is 35.6 Å². The zero-order chi connectivity index (χ0) is 16.9. The highest BCUT2D eigenvalue weighted by Gasteiger charge is 2.10. The molecule has 6 heteroatoms. The first-order valence-corrected chi connectivity index (χ1v) is 7.96. The van der Waals surface area contributed by atoms with Gasteiger partial charge in [-0.25, -0.2) is 14.2 Å². The molecule has 0 atom stereocenters. The van der Waals surface area contributed by atoms with E-state index >= 15 is 0 Å². The molecule has 3 rings (SSSR count). The Hall–Kier alpha value is -2.86. The molecule has 0 aliphatic rings. The van der Waals surface area contributed by atoms with E-state index in [9.17, 15) is 14.0 Å². The van der Waals surface area contributed by atoms with Gasteiger partial charge in [0.05, 0.1) is 11.3 Å². The van der Waals surface area contributed by atoms with Gasteiger partial charge in [0.15, 0.2) is 0 Å². The van der Waals surface area contributed by atoms with Gasteiger partial charge in [0.25, 0.3) is 0 Å². The molecule has 1 heterocycles. The maximum absolute atomic E-state index is 12.9. The van der Waals surface area contributed by atoms with E-state index in [4.69, 9.17) is 4.74 Å². The van der Waals surface area contributed by atoms with Gasteiger partial charge in [-0.1, -0.05) is 12.1 Å². The smallest absolute Gasteiger partial charge is 0.338 e.